The lowest BCUT2D eigenvalue weighted by Gasteiger charge is -2.19. The van der Waals surface area contributed by atoms with Crippen molar-refractivity contribution >= 4 is 9.92 Å². The topological polar surface area (TPSA) is 53.0 Å². The van der Waals surface area contributed by atoms with Gasteiger partial charge in [-0.05, 0) is 18.8 Å². The van der Waals surface area contributed by atoms with E-state index in [0.29, 0.717) is 12.0 Å². The quantitative estimate of drug-likeness (QED) is 0.700. The summed E-state index contributed by atoms with van der Waals surface area (Å²) in [5.41, 5.74) is 0. The second-order valence-corrected chi connectivity index (χ2v) is 5.59. The van der Waals surface area contributed by atoms with Crippen molar-refractivity contribution in [1.29, 1.82) is 4.78 Å². The van der Waals surface area contributed by atoms with Crippen LogP contribution in [0.15, 0.2) is 0 Å². The molecule has 0 amide bonds. The number of hydrogen-bond donors (Lipinski definition) is 2. The SMILES string of the molecule is CCC1CCCC1NS(C)(=N)=O. The Labute approximate surface area is 75.0 Å². The molecule has 1 aliphatic rings. The monoisotopic (exact) mass is 190 g/mol. The van der Waals surface area contributed by atoms with Crippen molar-refractivity contribution in [1.82, 2.24) is 4.72 Å². The molecular formula is C8H18N2OS. The summed E-state index contributed by atoms with van der Waals surface area (Å²) in [6.07, 6.45) is 6.11. The predicted molar refractivity (Wildman–Crippen MR) is 51.3 cm³/mol. The van der Waals surface area contributed by atoms with E-state index in [1.54, 1.807) is 0 Å². The van der Waals surface area contributed by atoms with Gasteiger partial charge in [0.15, 0.2) is 0 Å². The van der Waals surface area contributed by atoms with Crippen LogP contribution in [0.5, 0.6) is 0 Å². The fraction of sp³-hybridized carbons (Fsp3) is 1.00. The highest BCUT2D eigenvalue weighted by Crippen LogP contribution is 2.28. The Hall–Kier alpha value is -0.0900. The van der Waals surface area contributed by atoms with Gasteiger partial charge in [0.25, 0.3) is 0 Å². The van der Waals surface area contributed by atoms with Crippen LogP contribution in [0.25, 0.3) is 0 Å². The van der Waals surface area contributed by atoms with Crippen molar-refractivity contribution in [2.75, 3.05) is 6.26 Å². The van der Waals surface area contributed by atoms with Gasteiger partial charge in [0.1, 0.15) is 9.92 Å². The maximum atomic E-state index is 11.2. The van der Waals surface area contributed by atoms with Crippen molar-refractivity contribution < 1.29 is 4.21 Å². The van der Waals surface area contributed by atoms with Crippen LogP contribution in [0.1, 0.15) is 32.6 Å². The molecule has 12 heavy (non-hydrogen) atoms. The predicted octanol–water partition coefficient (Wildman–Crippen LogP) is 1.75. The smallest absolute Gasteiger partial charge is 0.102 e. The van der Waals surface area contributed by atoms with E-state index in [1.807, 2.05) is 0 Å². The molecule has 0 aromatic carbocycles. The molecular weight excluding hydrogens is 172 g/mol. The molecule has 0 heterocycles. The number of hydrogen-bond acceptors (Lipinski definition) is 2. The number of rotatable bonds is 3. The Balaban J connectivity index is 2.52. The first-order valence-corrected chi connectivity index (χ1v) is 6.50. The van der Waals surface area contributed by atoms with Crippen LogP contribution in [0, 0.1) is 10.7 Å². The molecule has 0 spiro atoms. The molecule has 3 atom stereocenters. The van der Waals surface area contributed by atoms with Crippen LogP contribution in [-0.2, 0) is 9.92 Å². The molecule has 0 aliphatic heterocycles. The highest BCUT2D eigenvalue weighted by Gasteiger charge is 2.26. The maximum absolute atomic E-state index is 11.2. The molecule has 2 N–H and O–H groups in total. The van der Waals surface area contributed by atoms with E-state index in [2.05, 4.69) is 11.6 Å². The van der Waals surface area contributed by atoms with Gasteiger partial charge in [0.2, 0.25) is 0 Å². The molecule has 0 aromatic heterocycles. The summed E-state index contributed by atoms with van der Waals surface area (Å²) in [5.74, 6) is 0.635. The van der Waals surface area contributed by atoms with Crippen LogP contribution in [0.3, 0.4) is 0 Å². The minimum Gasteiger partial charge on any atom is -0.241 e. The first-order chi connectivity index (χ1) is 5.53. The average Bonchev–Trinajstić information content (AvgIpc) is 2.31. The molecule has 1 fully saturated rings. The van der Waals surface area contributed by atoms with Crippen molar-refractivity contribution in [3.05, 3.63) is 0 Å². The minimum absolute atomic E-state index is 0.324. The highest BCUT2D eigenvalue weighted by molar-refractivity contribution is 7.89. The van der Waals surface area contributed by atoms with Crippen LogP contribution < -0.4 is 4.72 Å². The fourth-order valence-electron chi connectivity index (χ4n) is 1.97. The van der Waals surface area contributed by atoms with E-state index in [-0.39, 0.29) is 0 Å². The van der Waals surface area contributed by atoms with Crippen molar-refractivity contribution in [2.24, 2.45) is 5.92 Å². The van der Waals surface area contributed by atoms with Gasteiger partial charge in [-0.1, -0.05) is 19.8 Å². The zero-order chi connectivity index (χ0) is 9.19. The fourth-order valence-corrected chi connectivity index (χ4v) is 2.86. The largest absolute Gasteiger partial charge is 0.241 e. The molecule has 72 valence electrons. The summed E-state index contributed by atoms with van der Waals surface area (Å²) in [6.45, 7) is 2.16. The third-order valence-electron chi connectivity index (χ3n) is 2.56. The van der Waals surface area contributed by atoms with Gasteiger partial charge in [0, 0.05) is 12.3 Å². The van der Waals surface area contributed by atoms with Crippen molar-refractivity contribution in [2.45, 2.75) is 38.6 Å². The lowest BCUT2D eigenvalue weighted by molar-refractivity contribution is 0.441. The molecule has 1 saturated carbocycles. The van der Waals surface area contributed by atoms with Crippen LogP contribution in [0.2, 0.25) is 0 Å². The lowest BCUT2D eigenvalue weighted by Crippen LogP contribution is -2.35. The number of nitrogens with one attached hydrogen (secondary N) is 2. The van der Waals surface area contributed by atoms with E-state index < -0.39 is 9.92 Å². The second kappa shape index (κ2) is 3.75. The van der Waals surface area contributed by atoms with Crippen molar-refractivity contribution in [3.63, 3.8) is 0 Å². The molecule has 0 aromatic rings. The van der Waals surface area contributed by atoms with E-state index in [0.717, 1.165) is 12.8 Å². The van der Waals surface area contributed by atoms with Gasteiger partial charge in [-0.25, -0.2) is 13.7 Å². The van der Waals surface area contributed by atoms with Crippen LogP contribution in [-0.4, -0.2) is 16.5 Å². The third-order valence-corrected chi connectivity index (χ3v) is 3.31. The zero-order valence-electron chi connectivity index (χ0n) is 7.80. The van der Waals surface area contributed by atoms with Crippen LogP contribution in [0.4, 0.5) is 0 Å². The molecule has 0 radical (unpaired) electrons. The Kier molecular flexibility index (Phi) is 3.12. The normalized spacial score (nSPS) is 34.8. The third kappa shape index (κ3) is 2.75. The Morgan fingerprint density at radius 2 is 2.25 bits per heavy atom. The Bertz CT molecular complexity index is 235. The summed E-state index contributed by atoms with van der Waals surface area (Å²) in [4.78, 5) is 0. The summed E-state index contributed by atoms with van der Waals surface area (Å²) in [6, 6.07) is 0.324. The molecule has 0 bridgehead atoms. The Morgan fingerprint density at radius 1 is 1.58 bits per heavy atom. The first kappa shape index (κ1) is 9.99. The van der Waals surface area contributed by atoms with Gasteiger partial charge >= 0.3 is 0 Å². The first-order valence-electron chi connectivity index (χ1n) is 4.54. The molecule has 3 nitrogen and oxygen atoms in total. The van der Waals surface area contributed by atoms with E-state index in [9.17, 15) is 4.21 Å². The molecule has 3 unspecified atom stereocenters. The van der Waals surface area contributed by atoms with Crippen LogP contribution >= 0.6 is 0 Å². The van der Waals surface area contributed by atoms with Gasteiger partial charge < -0.3 is 0 Å². The summed E-state index contributed by atoms with van der Waals surface area (Å²) < 4.78 is 21.4. The van der Waals surface area contributed by atoms with E-state index in [1.165, 1.54) is 19.1 Å². The van der Waals surface area contributed by atoms with Gasteiger partial charge in [-0.2, -0.15) is 0 Å². The second-order valence-electron chi connectivity index (χ2n) is 3.67. The molecule has 4 heteroatoms. The van der Waals surface area contributed by atoms with E-state index >= 15 is 0 Å². The molecule has 1 rings (SSSR count). The highest BCUT2D eigenvalue weighted by atomic mass is 32.2. The van der Waals surface area contributed by atoms with Gasteiger partial charge in [-0.3, -0.25) is 0 Å². The Morgan fingerprint density at radius 3 is 2.75 bits per heavy atom. The average molecular weight is 190 g/mol. The molecule has 0 saturated heterocycles. The summed E-state index contributed by atoms with van der Waals surface area (Å²) >= 11 is 0. The summed E-state index contributed by atoms with van der Waals surface area (Å²) in [7, 11) is -2.50. The standard InChI is InChI=1S/C8H18N2OS/c1-3-7-5-4-6-8(7)10-12(2,9)11/h7-8H,3-6H2,1-2H3,(H2,9,10,11). The molecule has 1 aliphatic carbocycles. The van der Waals surface area contributed by atoms with Gasteiger partial charge in [-0.15, -0.1) is 0 Å². The van der Waals surface area contributed by atoms with Gasteiger partial charge in [0.05, 0.1) is 0 Å². The zero-order valence-corrected chi connectivity index (χ0v) is 8.62. The minimum atomic E-state index is -2.50. The maximum Gasteiger partial charge on any atom is 0.102 e. The lowest BCUT2D eigenvalue weighted by atomic mass is 10.0. The van der Waals surface area contributed by atoms with Crippen molar-refractivity contribution in [3.8, 4) is 0 Å². The summed E-state index contributed by atoms with van der Waals surface area (Å²) in [5, 5.41) is 0. The van der Waals surface area contributed by atoms with E-state index in [4.69, 9.17) is 4.78 Å².